The molecule has 0 aliphatic rings. The predicted octanol–water partition coefficient (Wildman–Crippen LogP) is 5.97. The van der Waals surface area contributed by atoms with E-state index in [2.05, 4.69) is 10.3 Å². The molecule has 4 nitrogen and oxygen atoms in total. The zero-order chi connectivity index (χ0) is 24.4. The molecule has 0 saturated heterocycles. The Bertz CT molecular complexity index is 1160. The van der Waals surface area contributed by atoms with Crippen molar-refractivity contribution in [3.63, 3.8) is 0 Å². The number of alkyl halides is 6. The summed E-state index contributed by atoms with van der Waals surface area (Å²) in [6.45, 7) is -0.214. The third-order valence-electron chi connectivity index (χ3n) is 4.45. The van der Waals surface area contributed by atoms with Gasteiger partial charge in [-0.2, -0.15) is 26.3 Å². The van der Waals surface area contributed by atoms with Crippen LogP contribution >= 0.6 is 11.3 Å². The van der Waals surface area contributed by atoms with Crippen LogP contribution in [0, 0.1) is 5.82 Å². The molecule has 1 aromatic heterocycles. The Morgan fingerprint density at radius 2 is 1.79 bits per heavy atom. The van der Waals surface area contributed by atoms with Gasteiger partial charge in [0.05, 0.1) is 18.2 Å². The van der Waals surface area contributed by atoms with E-state index in [9.17, 15) is 35.5 Å². The van der Waals surface area contributed by atoms with E-state index < -0.39 is 40.2 Å². The van der Waals surface area contributed by atoms with Gasteiger partial charge in [-0.05, 0) is 36.2 Å². The van der Waals surface area contributed by atoms with Gasteiger partial charge in [-0.25, -0.2) is 9.37 Å². The summed E-state index contributed by atoms with van der Waals surface area (Å²) >= 11 is 0.399. The number of nitrogens with one attached hydrogen (secondary N) is 1. The number of ether oxygens (including phenoxy) is 1. The molecule has 0 aliphatic heterocycles. The van der Waals surface area contributed by atoms with Gasteiger partial charge in [0.15, 0.2) is 5.69 Å². The second-order valence-corrected chi connectivity index (χ2v) is 7.74. The Kier molecular flexibility index (Phi) is 6.96. The summed E-state index contributed by atoms with van der Waals surface area (Å²) < 4.78 is 97.6. The fourth-order valence-electron chi connectivity index (χ4n) is 2.93. The lowest BCUT2D eigenvalue weighted by atomic mass is 10.1. The van der Waals surface area contributed by atoms with Crippen molar-refractivity contribution in [2.24, 2.45) is 0 Å². The fourth-order valence-corrected chi connectivity index (χ4v) is 3.96. The van der Waals surface area contributed by atoms with Gasteiger partial charge in [-0.3, -0.25) is 4.79 Å². The van der Waals surface area contributed by atoms with Gasteiger partial charge in [0.1, 0.15) is 21.5 Å². The standard InChI is InChI=1S/C21H15F7N2O2S/c1-32-15-6-5-13(22)10-14(15)19-30-17(21(26,27)28)16(33-19)18(31)29-8-7-11-3-2-4-12(9-11)20(23,24)25/h2-6,9-10H,7-8H2,1H3,(H,29,31). The molecular formula is C21H15F7N2O2S. The first-order chi connectivity index (χ1) is 15.4. The molecule has 33 heavy (non-hydrogen) atoms. The average Bonchev–Trinajstić information content (AvgIpc) is 3.19. The summed E-state index contributed by atoms with van der Waals surface area (Å²) in [5, 5.41) is 1.99. The second kappa shape index (κ2) is 9.38. The zero-order valence-electron chi connectivity index (χ0n) is 16.8. The fraction of sp³-hybridized carbons (Fsp3) is 0.238. The number of halogens is 7. The summed E-state index contributed by atoms with van der Waals surface area (Å²) in [4.78, 5) is 15.2. The second-order valence-electron chi connectivity index (χ2n) is 6.74. The molecule has 0 bridgehead atoms. The Balaban J connectivity index is 1.82. The summed E-state index contributed by atoms with van der Waals surface area (Å²) in [5.41, 5.74) is -2.14. The lowest BCUT2D eigenvalue weighted by molar-refractivity contribution is -0.141. The van der Waals surface area contributed by atoms with Crippen LogP contribution in [0.25, 0.3) is 10.6 Å². The Hall–Kier alpha value is -3.15. The molecule has 176 valence electrons. The van der Waals surface area contributed by atoms with Crippen molar-refractivity contribution in [2.45, 2.75) is 18.8 Å². The molecule has 12 heteroatoms. The van der Waals surface area contributed by atoms with Crippen LogP contribution in [-0.4, -0.2) is 24.5 Å². The van der Waals surface area contributed by atoms with Crippen molar-refractivity contribution >= 4 is 17.2 Å². The van der Waals surface area contributed by atoms with Crippen molar-refractivity contribution in [2.75, 3.05) is 13.7 Å². The number of carbonyl (C=O) groups excluding carboxylic acids is 1. The first-order valence-corrected chi connectivity index (χ1v) is 10.1. The van der Waals surface area contributed by atoms with Crippen molar-refractivity contribution in [1.82, 2.24) is 10.3 Å². The number of benzene rings is 2. The Morgan fingerprint density at radius 3 is 2.42 bits per heavy atom. The molecule has 3 aromatic rings. The summed E-state index contributed by atoms with van der Waals surface area (Å²) in [6.07, 6.45) is -9.55. The van der Waals surface area contributed by atoms with Crippen LogP contribution in [0.1, 0.15) is 26.5 Å². The van der Waals surface area contributed by atoms with Gasteiger partial charge in [-0.15, -0.1) is 11.3 Å². The molecule has 1 heterocycles. The van der Waals surface area contributed by atoms with Gasteiger partial charge in [0, 0.05) is 6.54 Å². The number of nitrogens with zero attached hydrogens (tertiary/aromatic N) is 1. The van der Waals surface area contributed by atoms with Crippen LogP contribution in [0.4, 0.5) is 30.7 Å². The molecule has 0 radical (unpaired) electrons. The predicted molar refractivity (Wildman–Crippen MR) is 107 cm³/mol. The minimum atomic E-state index is -4.97. The van der Waals surface area contributed by atoms with E-state index in [-0.39, 0.29) is 34.8 Å². The highest BCUT2D eigenvalue weighted by Gasteiger charge is 2.40. The quantitative estimate of drug-likeness (QED) is 0.432. The highest BCUT2D eigenvalue weighted by Crippen LogP contribution is 2.40. The van der Waals surface area contributed by atoms with Gasteiger partial charge in [-0.1, -0.05) is 18.2 Å². The van der Waals surface area contributed by atoms with Crippen molar-refractivity contribution in [3.05, 3.63) is 70.0 Å². The van der Waals surface area contributed by atoms with Crippen molar-refractivity contribution in [3.8, 4) is 16.3 Å². The average molecular weight is 492 g/mol. The van der Waals surface area contributed by atoms with E-state index >= 15 is 0 Å². The molecule has 0 saturated carbocycles. The van der Waals surface area contributed by atoms with Crippen LogP contribution in [0.2, 0.25) is 0 Å². The normalized spacial score (nSPS) is 12.0. The molecule has 3 rings (SSSR count). The maximum Gasteiger partial charge on any atom is 0.435 e. The lowest BCUT2D eigenvalue weighted by Gasteiger charge is -2.10. The Morgan fingerprint density at radius 1 is 1.06 bits per heavy atom. The number of methoxy groups -OCH3 is 1. The van der Waals surface area contributed by atoms with Crippen LogP contribution in [0.15, 0.2) is 42.5 Å². The van der Waals surface area contributed by atoms with E-state index in [1.165, 1.54) is 25.3 Å². The van der Waals surface area contributed by atoms with E-state index in [1.54, 1.807) is 0 Å². The largest absolute Gasteiger partial charge is 0.496 e. The number of aromatic nitrogens is 1. The first kappa shape index (κ1) is 24.5. The molecule has 0 unspecified atom stereocenters. The van der Waals surface area contributed by atoms with Crippen LogP contribution in [0.3, 0.4) is 0 Å². The maximum atomic E-state index is 13.6. The number of hydrogen-bond acceptors (Lipinski definition) is 4. The summed E-state index contributed by atoms with van der Waals surface area (Å²) in [7, 11) is 1.25. The number of amides is 1. The van der Waals surface area contributed by atoms with Crippen molar-refractivity contribution in [1.29, 1.82) is 0 Å². The monoisotopic (exact) mass is 492 g/mol. The van der Waals surface area contributed by atoms with Crippen LogP contribution < -0.4 is 10.1 Å². The summed E-state index contributed by atoms with van der Waals surface area (Å²) in [5.74, 6) is -1.77. The van der Waals surface area contributed by atoms with Gasteiger partial charge >= 0.3 is 12.4 Å². The van der Waals surface area contributed by atoms with Crippen LogP contribution in [0.5, 0.6) is 5.75 Å². The van der Waals surface area contributed by atoms with E-state index in [1.807, 2.05) is 0 Å². The molecule has 1 N–H and O–H groups in total. The van der Waals surface area contributed by atoms with E-state index in [0.29, 0.717) is 11.3 Å². The SMILES string of the molecule is COc1ccc(F)cc1-c1nc(C(F)(F)F)c(C(=O)NCCc2cccc(C(F)(F)F)c2)s1. The zero-order valence-corrected chi connectivity index (χ0v) is 17.6. The van der Waals surface area contributed by atoms with Gasteiger partial charge < -0.3 is 10.1 Å². The van der Waals surface area contributed by atoms with Gasteiger partial charge in [0.2, 0.25) is 0 Å². The molecule has 0 atom stereocenters. The number of carbonyl (C=O) groups is 1. The maximum absolute atomic E-state index is 13.6. The minimum Gasteiger partial charge on any atom is -0.496 e. The van der Waals surface area contributed by atoms with E-state index in [4.69, 9.17) is 4.74 Å². The first-order valence-electron chi connectivity index (χ1n) is 9.26. The third kappa shape index (κ3) is 5.81. The molecule has 1 amide bonds. The lowest BCUT2D eigenvalue weighted by Crippen LogP contribution is -2.27. The van der Waals surface area contributed by atoms with Gasteiger partial charge in [0.25, 0.3) is 5.91 Å². The van der Waals surface area contributed by atoms with Crippen LogP contribution in [-0.2, 0) is 18.8 Å². The minimum absolute atomic E-state index is 0.0413. The van der Waals surface area contributed by atoms with Crippen molar-refractivity contribution < 1.29 is 40.3 Å². The van der Waals surface area contributed by atoms with E-state index in [0.717, 1.165) is 24.3 Å². The molecule has 2 aromatic carbocycles. The number of thiazole rings is 1. The molecule has 0 aliphatic carbocycles. The third-order valence-corrected chi connectivity index (χ3v) is 5.53. The highest BCUT2D eigenvalue weighted by molar-refractivity contribution is 7.17. The molecule has 0 spiro atoms. The topological polar surface area (TPSA) is 51.2 Å². The Labute approximate surface area is 187 Å². The number of rotatable bonds is 6. The highest BCUT2D eigenvalue weighted by atomic mass is 32.1. The molecular weight excluding hydrogens is 477 g/mol. The molecule has 0 fully saturated rings. The number of hydrogen-bond donors (Lipinski definition) is 1. The summed E-state index contributed by atoms with van der Waals surface area (Å²) in [6, 6.07) is 7.60. The smallest absolute Gasteiger partial charge is 0.435 e.